The second-order valence-electron chi connectivity index (χ2n) is 29.1. The fourth-order valence-corrected chi connectivity index (χ4v) is 15.3. The lowest BCUT2D eigenvalue weighted by molar-refractivity contribution is 0.0499. The summed E-state index contributed by atoms with van der Waals surface area (Å²) in [4.78, 5) is 85.7. The van der Waals surface area contributed by atoms with Gasteiger partial charge in [-0.05, 0) is 153 Å². The SMILES string of the molecule is CCCCOc1ccc(C(=O)O)c(N)n1.CCCCOc1ccc2c(=O)n(-c3ccc(Cl)c4c(N(Cc5ccc(OC)cc5)S(C)(=O)=O)nn(C)c34)c([C@H](Cc3cc(F)cc(F)c3)NC(=O)OC(C)(C)C)nc2n1.COc1ccc(CN(c2nn(C)c3c(-n4c([C@@H](N)Cc5cc(F)cc(F)c5)nc5[nH]c(=O)ccc5c4=O)ccc(Cl)c23)S(C)(=O)=O)cc1.[3H]P([3H])[3H]. The van der Waals surface area contributed by atoms with Crippen molar-refractivity contribution in [1.29, 1.82) is 3.84 Å². The first-order chi connectivity index (χ1) is 59.5. The molecule has 40 heteroatoms. The number of aromatic nitrogens is 11. The number of alkyl carbamates (subject to hydrolysis) is 1. The Hall–Kier alpha value is -12.3. The Morgan fingerprint density at radius 1 is 0.618 bits per heavy atom. The number of anilines is 3. The molecule has 0 saturated heterocycles. The molecule has 0 aliphatic rings. The monoisotopic (exact) mass is 1800 g/mol. The molecule has 0 fully saturated rings. The van der Waals surface area contributed by atoms with Crippen molar-refractivity contribution in [2.45, 2.75) is 104 Å². The zero-order valence-electron chi connectivity index (χ0n) is 71.3. The number of fused-ring (bicyclic) bond motifs is 4. The number of carbonyl (C=O) groups excluding carboxylic acids is 1. The third-order valence-electron chi connectivity index (χ3n) is 18.7. The van der Waals surface area contributed by atoms with Crippen molar-refractivity contribution in [3.63, 3.8) is 0 Å². The first-order valence-electron chi connectivity index (χ1n) is 39.1. The molecule has 650 valence electrons. The standard InChI is InChI=1S/C41H44ClF2N7O7S.C32H28ClF2N7O5S.C10H14N2O3.H3P/c1-8-9-18-57-33-17-14-29-36(46-33)47-37(31(45-40(53)58-41(2,3)4)21-25-19-26(43)22-27(44)20-25)51(39(29)52)32-16-15-30(42)34-35(32)49(5)48-38(34)50(59(7,54)55)23-24-10-12-28(56-6)13-11-24;1-40-28-25(10-9-23(33)27(28)31(39-40)41(48(3,45)46)16-17-4-6-21(47-2)7-5-17)42-30(24(36)14-18-12-19(34)15-20(35)13-18)38-29-22(32(42)44)8-11-26(43)37-29;1-2-3-6-15-8-5-4-7(10(13)14)9(11)12-8;/h10-17,19-20,22,31H,8-9,18,21,23H2,1-7H3,(H,45,53);4-13,15,24H,14,16,36H2,1-3H3,(H,37,43);4-5H,2-3,6H2,1H3,(H2,11,12)(H,13,14);1H3/t31-;24-;;/m00../s1/i;;;1T3. The molecule has 2 atom stereocenters. The molecular weight excluding hydrogens is 1700 g/mol. The summed E-state index contributed by atoms with van der Waals surface area (Å²) in [7, 11) is -3.64. The van der Waals surface area contributed by atoms with Crippen LogP contribution in [-0.4, -0.2) is 137 Å². The second kappa shape index (κ2) is 39.3. The first kappa shape index (κ1) is 88.5. The minimum absolute atomic E-state index is 0.00200. The lowest BCUT2D eigenvalue weighted by Crippen LogP contribution is -2.39. The van der Waals surface area contributed by atoms with Gasteiger partial charge < -0.3 is 50.6 Å². The van der Waals surface area contributed by atoms with Gasteiger partial charge in [0, 0.05) is 50.8 Å². The van der Waals surface area contributed by atoms with E-state index in [0.29, 0.717) is 47.8 Å². The van der Waals surface area contributed by atoms with E-state index in [1.54, 1.807) is 89.5 Å². The highest BCUT2D eigenvalue weighted by Crippen LogP contribution is 2.41. The number of hydrogen-bond acceptors (Lipinski definition) is 22. The fraction of sp³-hybridized carbons (Fsp3) is 0.289. The summed E-state index contributed by atoms with van der Waals surface area (Å²) in [6, 6.07) is 31.6. The Morgan fingerprint density at radius 3 is 1.51 bits per heavy atom. The summed E-state index contributed by atoms with van der Waals surface area (Å²) in [5, 5.41) is 21.4. The van der Waals surface area contributed by atoms with Crippen LogP contribution in [0.5, 0.6) is 23.3 Å². The van der Waals surface area contributed by atoms with E-state index in [2.05, 4.69) is 42.4 Å². The Kier molecular flexibility index (Phi) is 28.3. The molecule has 0 bridgehead atoms. The number of nitrogen functional groups attached to an aromatic ring is 1. The minimum atomic E-state index is -4.00. The van der Waals surface area contributed by atoms with Gasteiger partial charge in [0.1, 0.15) is 69.0 Å². The second-order valence-corrected chi connectivity index (χ2v) is 33.7. The lowest BCUT2D eigenvalue weighted by Gasteiger charge is -2.26. The molecule has 0 saturated carbocycles. The van der Waals surface area contributed by atoms with E-state index in [4.69, 9.17) is 72.3 Å². The minimum Gasteiger partial charge on any atom is -0.497 e. The average Bonchev–Trinajstić information content (AvgIpc) is 1.52. The van der Waals surface area contributed by atoms with Gasteiger partial charge in [-0.2, -0.15) is 29.9 Å². The summed E-state index contributed by atoms with van der Waals surface area (Å²) in [5.41, 5.74) is 11.6. The summed E-state index contributed by atoms with van der Waals surface area (Å²) in [6.45, 7) is 9.76. The van der Waals surface area contributed by atoms with Gasteiger partial charge >= 0.3 is 12.1 Å². The third kappa shape index (κ3) is 22.2. The number of ether oxygens (including phenoxy) is 5. The van der Waals surface area contributed by atoms with E-state index >= 15 is 0 Å². The summed E-state index contributed by atoms with van der Waals surface area (Å²) in [6.07, 6.45) is 4.36. The number of pyridine rings is 3. The summed E-state index contributed by atoms with van der Waals surface area (Å²) in [5.74, 6) is -2.87. The largest absolute Gasteiger partial charge is 0.497 e. The molecule has 1 amide bonds. The topological polar surface area (TPSA) is 403 Å². The number of halogens is 6. The molecule has 0 radical (unpaired) electrons. The number of methoxy groups -OCH3 is 2. The number of carboxylic acid groups (broad SMARTS) is 1. The van der Waals surface area contributed by atoms with Crippen molar-refractivity contribution in [1.82, 2.24) is 58.9 Å². The molecule has 7 N–H and O–H groups in total. The highest BCUT2D eigenvalue weighted by atomic mass is 35.5. The van der Waals surface area contributed by atoms with Crippen molar-refractivity contribution in [2.75, 3.05) is 54.3 Å². The average molecular weight is 1800 g/mol. The van der Waals surface area contributed by atoms with Gasteiger partial charge in [0.05, 0.1) is 123 Å². The number of unbranched alkanes of at least 4 members (excludes halogenated alkanes) is 2. The van der Waals surface area contributed by atoms with Crippen LogP contribution in [-0.2, 0) is 64.8 Å². The van der Waals surface area contributed by atoms with Crippen molar-refractivity contribution in [3.8, 4) is 34.6 Å². The number of aromatic carboxylic acids is 1. The molecule has 7 aromatic heterocycles. The maximum absolute atomic E-state index is 14.9. The zero-order chi connectivity index (χ0) is 92.1. The van der Waals surface area contributed by atoms with Gasteiger partial charge in [-0.3, -0.25) is 32.9 Å². The van der Waals surface area contributed by atoms with Crippen LogP contribution >= 0.6 is 32.9 Å². The normalized spacial score (nSPS) is 12.4. The van der Waals surface area contributed by atoms with Crippen molar-refractivity contribution in [2.24, 2.45) is 19.8 Å². The van der Waals surface area contributed by atoms with E-state index in [0.717, 1.165) is 77.1 Å². The third-order valence-corrected chi connectivity index (χ3v) is 21.6. The van der Waals surface area contributed by atoms with Gasteiger partial charge in [0.2, 0.25) is 37.4 Å². The molecule has 13 aromatic rings. The van der Waals surface area contributed by atoms with Crippen LogP contribution in [0.2, 0.25) is 10.0 Å². The molecule has 123 heavy (non-hydrogen) atoms. The van der Waals surface area contributed by atoms with Gasteiger partial charge in [-0.1, -0.05) is 74.2 Å². The molecule has 0 unspecified atom stereocenters. The summed E-state index contributed by atoms with van der Waals surface area (Å²) >= 11 is 13.6. The number of H-pyrrole nitrogens is 1. The maximum atomic E-state index is 14.9. The van der Waals surface area contributed by atoms with Crippen LogP contribution in [0.3, 0.4) is 0 Å². The Morgan fingerprint density at radius 2 is 1.07 bits per heavy atom. The van der Waals surface area contributed by atoms with Crippen LogP contribution in [0.25, 0.3) is 55.2 Å². The Bertz CT molecular complexity index is 6600. The van der Waals surface area contributed by atoms with Gasteiger partial charge in [-0.25, -0.2) is 62.6 Å². The molecule has 0 aliphatic carbocycles. The predicted octanol–water partition coefficient (Wildman–Crippen LogP) is 13.3. The van der Waals surface area contributed by atoms with Gasteiger partial charge in [0.15, 0.2) is 17.3 Å². The highest BCUT2D eigenvalue weighted by molar-refractivity contribution is 7.92. The number of amides is 1. The highest BCUT2D eigenvalue weighted by Gasteiger charge is 2.34. The Balaban J connectivity index is 0.000000220. The number of nitrogens with zero attached hydrogens (tertiary/aromatic N) is 12. The van der Waals surface area contributed by atoms with E-state index < -0.39 is 99.5 Å². The van der Waals surface area contributed by atoms with Crippen LogP contribution in [0, 0.1) is 23.3 Å². The number of benzene rings is 6. The van der Waals surface area contributed by atoms with Gasteiger partial charge in [-0.15, -0.1) is 0 Å². The fourth-order valence-electron chi connectivity index (χ4n) is 13.1. The van der Waals surface area contributed by atoms with Crippen molar-refractivity contribution >= 4 is 126 Å². The maximum Gasteiger partial charge on any atom is 0.408 e. The molecule has 6 aromatic carbocycles. The van der Waals surface area contributed by atoms with E-state index in [9.17, 15) is 58.4 Å². The zero-order valence-corrected chi connectivity index (χ0v) is 72.3. The number of carboxylic acids is 1. The number of nitrogens with two attached hydrogens (primary N) is 2. The molecular formula is C83H89Cl2F4N16O15PS2. The lowest BCUT2D eigenvalue weighted by atomic mass is 10.0. The molecule has 31 nitrogen and oxygen atoms in total. The molecule has 13 rings (SSSR count). The van der Waals surface area contributed by atoms with Crippen LogP contribution in [0.4, 0.5) is 39.8 Å². The van der Waals surface area contributed by atoms with Gasteiger partial charge in [0.25, 0.3) is 11.1 Å². The number of sulfonamides is 2. The molecule has 7 heterocycles. The molecule has 0 aliphatic heterocycles. The van der Waals surface area contributed by atoms with E-state index in [1.807, 2.05) is 6.92 Å². The van der Waals surface area contributed by atoms with Crippen LogP contribution in [0.15, 0.2) is 160 Å². The number of rotatable bonds is 28. The predicted molar refractivity (Wildman–Crippen MR) is 466 cm³/mol. The molecule has 0 spiro atoms. The first-order valence-corrected chi connectivity index (χ1v) is 42.2. The van der Waals surface area contributed by atoms with Crippen molar-refractivity contribution < 1.29 is 72.8 Å². The number of aryl methyl sites for hydroxylation is 2. The number of aromatic amines is 1. The Labute approximate surface area is 720 Å². The van der Waals surface area contributed by atoms with E-state index in [1.165, 1.54) is 87.3 Å². The smallest absolute Gasteiger partial charge is 0.408 e. The van der Waals surface area contributed by atoms with E-state index in [-0.39, 0.29) is 143 Å². The van der Waals surface area contributed by atoms with Crippen LogP contribution in [0.1, 0.15) is 117 Å². The van der Waals surface area contributed by atoms with Crippen LogP contribution < -0.4 is 61.0 Å². The van der Waals surface area contributed by atoms with Crippen molar-refractivity contribution in [3.05, 3.63) is 249 Å². The number of hydrogen-bond donors (Lipinski definition) is 5. The number of nitrogens with one attached hydrogen (secondary N) is 2. The quantitative estimate of drug-likeness (QED) is 0.0173. The summed E-state index contributed by atoms with van der Waals surface area (Å²) < 4.78 is 163. The number of carbonyl (C=O) groups is 2.